The van der Waals surface area contributed by atoms with Crippen molar-refractivity contribution in [3.8, 4) is 0 Å². The summed E-state index contributed by atoms with van der Waals surface area (Å²) in [4.78, 5) is 13.6. The van der Waals surface area contributed by atoms with Crippen LogP contribution in [0, 0.1) is 0 Å². The van der Waals surface area contributed by atoms with Crippen LogP contribution in [0.15, 0.2) is 15.9 Å². The first-order chi connectivity index (χ1) is 12.7. The number of nitrogens with one attached hydrogen (secondary N) is 2. The maximum atomic E-state index is 12.3. The second-order valence-corrected chi connectivity index (χ2v) is 10.1. The molecule has 1 aromatic rings. The first kappa shape index (κ1) is 22.3. The van der Waals surface area contributed by atoms with E-state index in [0.29, 0.717) is 0 Å². The van der Waals surface area contributed by atoms with Crippen molar-refractivity contribution in [1.82, 2.24) is 10.6 Å². The molecule has 1 unspecified atom stereocenters. The van der Waals surface area contributed by atoms with Gasteiger partial charge in [0.15, 0.2) is 0 Å². The second-order valence-electron chi connectivity index (χ2n) is 7.07. The molecule has 1 aliphatic rings. The molecule has 2 heterocycles. The topological polar surface area (TPSA) is 41.1 Å². The first-order valence-corrected chi connectivity index (χ1v) is 12.8. The molecule has 1 aromatic heterocycles. The van der Waals surface area contributed by atoms with Gasteiger partial charge in [0.05, 0.1) is 11.4 Å². The summed E-state index contributed by atoms with van der Waals surface area (Å²) in [6.07, 6.45) is 13.3. The number of hydrogen-bond donors (Lipinski definition) is 2. The molecule has 0 spiro atoms. The third-order valence-electron chi connectivity index (χ3n) is 4.77. The van der Waals surface area contributed by atoms with Crippen LogP contribution < -0.4 is 10.6 Å². The predicted octanol–water partition coefficient (Wildman–Crippen LogP) is 6.25. The summed E-state index contributed by atoms with van der Waals surface area (Å²) in [6, 6.07) is 2.08. The Kier molecular flexibility index (Phi) is 11.3. The minimum Gasteiger partial charge on any atom is -0.355 e. The number of amides is 1. The van der Waals surface area contributed by atoms with Gasteiger partial charge in [0, 0.05) is 27.0 Å². The van der Waals surface area contributed by atoms with Gasteiger partial charge in [0.1, 0.15) is 0 Å². The lowest BCUT2D eigenvalue weighted by Gasteiger charge is -2.12. The summed E-state index contributed by atoms with van der Waals surface area (Å²) in [7, 11) is 0. The Labute approximate surface area is 175 Å². The fraction of sp³-hybridized carbons (Fsp3) is 0.750. The van der Waals surface area contributed by atoms with Crippen molar-refractivity contribution >= 4 is 44.9 Å². The van der Waals surface area contributed by atoms with Crippen molar-refractivity contribution in [3.05, 3.63) is 20.8 Å². The van der Waals surface area contributed by atoms with Crippen LogP contribution in [0.1, 0.15) is 81.4 Å². The van der Waals surface area contributed by atoms with Crippen LogP contribution in [0.4, 0.5) is 0 Å². The molecule has 26 heavy (non-hydrogen) atoms. The summed E-state index contributed by atoms with van der Waals surface area (Å²) in [5.74, 6) is 1.01. The minimum absolute atomic E-state index is 0.0611. The predicted molar refractivity (Wildman–Crippen MR) is 119 cm³/mol. The Morgan fingerprint density at radius 1 is 1.15 bits per heavy atom. The highest BCUT2D eigenvalue weighted by molar-refractivity contribution is 9.10. The number of thiophene rings is 1. The number of carbonyl (C=O) groups is 1. The van der Waals surface area contributed by atoms with Gasteiger partial charge in [0.2, 0.25) is 5.91 Å². The molecule has 148 valence electrons. The second kappa shape index (κ2) is 13.2. The van der Waals surface area contributed by atoms with E-state index in [2.05, 4.69) is 44.9 Å². The van der Waals surface area contributed by atoms with Crippen molar-refractivity contribution in [1.29, 1.82) is 0 Å². The molecule has 1 fully saturated rings. The molecule has 0 bridgehead atoms. The number of hydrogen-bond acceptors (Lipinski definition) is 4. The summed E-state index contributed by atoms with van der Waals surface area (Å²) < 4.78 is 1.12. The summed E-state index contributed by atoms with van der Waals surface area (Å²) in [6.45, 7) is 3.08. The third-order valence-corrected chi connectivity index (χ3v) is 7.93. The first-order valence-electron chi connectivity index (χ1n) is 10.1. The maximum Gasteiger partial charge on any atom is 0.238 e. The Morgan fingerprint density at radius 2 is 1.81 bits per heavy atom. The molecule has 0 aliphatic carbocycles. The highest BCUT2D eigenvalue weighted by Gasteiger charge is 2.30. The van der Waals surface area contributed by atoms with Gasteiger partial charge in [-0.1, -0.05) is 64.7 Å². The molecule has 2 atom stereocenters. The van der Waals surface area contributed by atoms with Gasteiger partial charge < -0.3 is 5.32 Å². The number of thioether (sulfide) groups is 1. The molecular weight excluding hydrogens is 428 g/mol. The van der Waals surface area contributed by atoms with E-state index in [-0.39, 0.29) is 17.3 Å². The highest BCUT2D eigenvalue weighted by atomic mass is 79.9. The third kappa shape index (κ3) is 8.32. The molecular formula is C20H33BrN2OS2. The van der Waals surface area contributed by atoms with E-state index in [1.54, 1.807) is 11.3 Å². The van der Waals surface area contributed by atoms with E-state index in [0.717, 1.165) is 23.2 Å². The molecule has 2 rings (SSSR count). The van der Waals surface area contributed by atoms with E-state index in [4.69, 9.17) is 0 Å². The van der Waals surface area contributed by atoms with Gasteiger partial charge in [-0.2, -0.15) is 0 Å². The van der Waals surface area contributed by atoms with E-state index in [1.807, 2.05) is 11.8 Å². The zero-order chi connectivity index (χ0) is 18.6. The average molecular weight is 462 g/mol. The molecule has 3 nitrogen and oxygen atoms in total. The quantitative estimate of drug-likeness (QED) is 0.341. The Balaban J connectivity index is 1.46. The van der Waals surface area contributed by atoms with Crippen LogP contribution in [0.2, 0.25) is 0 Å². The number of rotatable bonds is 13. The monoisotopic (exact) mass is 460 g/mol. The van der Waals surface area contributed by atoms with Crippen molar-refractivity contribution in [2.75, 3.05) is 12.3 Å². The average Bonchev–Trinajstić information content (AvgIpc) is 3.28. The van der Waals surface area contributed by atoms with Gasteiger partial charge in [-0.3, -0.25) is 10.1 Å². The summed E-state index contributed by atoms with van der Waals surface area (Å²) in [5.41, 5.74) is 0. The lowest BCUT2D eigenvalue weighted by Crippen LogP contribution is -2.42. The minimum atomic E-state index is -0.0611. The van der Waals surface area contributed by atoms with Gasteiger partial charge in [-0.15, -0.1) is 23.1 Å². The Bertz CT molecular complexity index is 524. The van der Waals surface area contributed by atoms with E-state index < -0.39 is 0 Å². The Hall–Kier alpha value is -0.0400. The normalized spacial score (nSPS) is 19.8. The van der Waals surface area contributed by atoms with Crippen LogP contribution in [0.3, 0.4) is 0 Å². The number of halogens is 1. The number of carbonyl (C=O) groups excluding carboxylic acids is 1. The maximum absolute atomic E-state index is 12.3. The van der Waals surface area contributed by atoms with Gasteiger partial charge in [-0.05, 0) is 28.4 Å². The van der Waals surface area contributed by atoms with Crippen molar-refractivity contribution in [2.24, 2.45) is 0 Å². The van der Waals surface area contributed by atoms with Crippen LogP contribution in [-0.2, 0) is 4.79 Å². The van der Waals surface area contributed by atoms with Crippen molar-refractivity contribution in [3.63, 3.8) is 0 Å². The molecule has 1 aliphatic heterocycles. The fourth-order valence-electron chi connectivity index (χ4n) is 3.20. The molecule has 0 radical (unpaired) electrons. The zero-order valence-corrected chi connectivity index (χ0v) is 19.1. The molecule has 6 heteroatoms. The summed E-state index contributed by atoms with van der Waals surface area (Å²) in [5, 5.41) is 8.90. The molecule has 2 N–H and O–H groups in total. The SMILES string of the molecule is CCCCCCCCCCCCNC(=O)[C@H]1CSC(c2cc(Br)cs2)N1. The fourth-order valence-corrected chi connectivity index (χ4v) is 6.08. The van der Waals surface area contributed by atoms with Gasteiger partial charge in [0.25, 0.3) is 0 Å². The smallest absolute Gasteiger partial charge is 0.238 e. The molecule has 0 aromatic carbocycles. The Morgan fingerprint density at radius 3 is 2.42 bits per heavy atom. The highest BCUT2D eigenvalue weighted by Crippen LogP contribution is 2.37. The van der Waals surface area contributed by atoms with E-state index >= 15 is 0 Å². The van der Waals surface area contributed by atoms with E-state index in [1.165, 1.54) is 62.7 Å². The lowest BCUT2D eigenvalue weighted by molar-refractivity contribution is -0.122. The van der Waals surface area contributed by atoms with Crippen molar-refractivity contribution in [2.45, 2.75) is 82.5 Å². The van der Waals surface area contributed by atoms with Crippen LogP contribution >= 0.6 is 39.0 Å². The zero-order valence-electron chi connectivity index (χ0n) is 15.9. The van der Waals surface area contributed by atoms with Crippen molar-refractivity contribution < 1.29 is 4.79 Å². The van der Waals surface area contributed by atoms with Gasteiger partial charge in [-0.25, -0.2) is 0 Å². The molecule has 1 saturated heterocycles. The lowest BCUT2D eigenvalue weighted by atomic mass is 10.1. The largest absolute Gasteiger partial charge is 0.355 e. The van der Waals surface area contributed by atoms with Gasteiger partial charge >= 0.3 is 0 Å². The van der Waals surface area contributed by atoms with Crippen LogP contribution in [-0.4, -0.2) is 24.2 Å². The van der Waals surface area contributed by atoms with Crippen LogP contribution in [0.25, 0.3) is 0 Å². The molecule has 0 saturated carbocycles. The van der Waals surface area contributed by atoms with Crippen LogP contribution in [0.5, 0.6) is 0 Å². The number of unbranched alkanes of at least 4 members (excludes halogenated alkanes) is 9. The standard InChI is InChI=1S/C20H33BrN2OS2/c1-2-3-4-5-6-7-8-9-10-11-12-22-19(24)17-15-26-20(23-17)18-13-16(21)14-25-18/h13-14,17,20,23H,2-12,15H2,1H3,(H,22,24)/t17-,20?/m1/s1. The summed E-state index contributed by atoms with van der Waals surface area (Å²) >= 11 is 7.05. The van der Waals surface area contributed by atoms with E-state index in [9.17, 15) is 4.79 Å². The molecule has 1 amide bonds.